The van der Waals surface area contributed by atoms with Crippen LogP contribution in [0.4, 0.5) is 11.5 Å². The fraction of sp³-hybridized carbons (Fsp3) is 0.750. The van der Waals surface area contributed by atoms with E-state index in [-0.39, 0.29) is 22.6 Å². The maximum atomic E-state index is 11.3. The first kappa shape index (κ1) is 13.8. The number of hydrogen-bond acceptors (Lipinski definition) is 5. The van der Waals surface area contributed by atoms with Crippen molar-refractivity contribution in [1.29, 1.82) is 0 Å². The van der Waals surface area contributed by atoms with Gasteiger partial charge in [-0.3, -0.25) is 10.1 Å². The first-order valence-corrected chi connectivity index (χ1v) is 6.56. The van der Waals surface area contributed by atoms with E-state index < -0.39 is 0 Å². The lowest BCUT2D eigenvalue weighted by Gasteiger charge is -2.13. The summed E-state index contributed by atoms with van der Waals surface area (Å²) in [6, 6.07) is 0.249. The molecule has 1 saturated heterocycles. The van der Waals surface area contributed by atoms with Crippen molar-refractivity contribution in [2.75, 3.05) is 25.5 Å². The van der Waals surface area contributed by atoms with E-state index in [4.69, 9.17) is 0 Å². The van der Waals surface area contributed by atoms with Crippen molar-refractivity contribution in [3.63, 3.8) is 0 Å². The Labute approximate surface area is 112 Å². The molecule has 0 spiro atoms. The van der Waals surface area contributed by atoms with Crippen LogP contribution in [0.1, 0.15) is 31.9 Å². The molecule has 1 aliphatic heterocycles. The Morgan fingerprint density at radius 2 is 2.16 bits per heavy atom. The molecule has 1 aromatic rings. The highest BCUT2D eigenvalue weighted by molar-refractivity contribution is 5.61. The molecule has 1 aliphatic rings. The Hall–Kier alpha value is -1.63. The molecular weight excluding hydrogens is 246 g/mol. The van der Waals surface area contributed by atoms with Crippen molar-refractivity contribution in [1.82, 2.24) is 14.7 Å². The average molecular weight is 267 g/mol. The van der Waals surface area contributed by atoms with Crippen molar-refractivity contribution in [3.8, 4) is 0 Å². The molecule has 1 aromatic heterocycles. The van der Waals surface area contributed by atoms with E-state index in [0.29, 0.717) is 11.5 Å². The van der Waals surface area contributed by atoms with Crippen LogP contribution in [0.25, 0.3) is 0 Å². The number of rotatable bonds is 4. The number of likely N-dealkylation sites (N-methyl/N-ethyl adjacent to an activating group) is 1. The lowest BCUT2D eigenvalue weighted by atomic mass is 10.1. The second-order valence-electron chi connectivity index (χ2n) is 5.51. The number of nitrogens with zero attached hydrogens (tertiary/aromatic N) is 4. The van der Waals surface area contributed by atoms with Crippen LogP contribution in [0.3, 0.4) is 0 Å². The molecule has 2 heterocycles. The molecule has 1 fully saturated rings. The lowest BCUT2D eigenvalue weighted by molar-refractivity contribution is -0.384. The van der Waals surface area contributed by atoms with E-state index in [1.807, 2.05) is 13.8 Å². The molecule has 1 atom stereocenters. The van der Waals surface area contributed by atoms with E-state index >= 15 is 0 Å². The van der Waals surface area contributed by atoms with Crippen molar-refractivity contribution < 1.29 is 4.92 Å². The summed E-state index contributed by atoms with van der Waals surface area (Å²) in [5, 5.41) is 18.9. The second kappa shape index (κ2) is 5.16. The minimum Gasteiger partial charge on any atom is -0.360 e. The first-order chi connectivity index (χ1) is 8.90. The smallest absolute Gasteiger partial charge is 0.334 e. The van der Waals surface area contributed by atoms with Crippen molar-refractivity contribution >= 4 is 11.5 Å². The number of hydrogen-bond donors (Lipinski definition) is 1. The van der Waals surface area contributed by atoms with Gasteiger partial charge in [-0.05, 0) is 20.0 Å². The van der Waals surface area contributed by atoms with Crippen LogP contribution >= 0.6 is 0 Å². The third-order valence-corrected chi connectivity index (χ3v) is 3.51. The number of nitrogens with one attached hydrogen (secondary N) is 1. The Morgan fingerprint density at radius 3 is 2.63 bits per heavy atom. The molecule has 1 N–H and O–H groups in total. The van der Waals surface area contributed by atoms with E-state index in [1.54, 1.807) is 11.7 Å². The van der Waals surface area contributed by atoms with Crippen LogP contribution in [-0.4, -0.2) is 45.8 Å². The second-order valence-corrected chi connectivity index (χ2v) is 5.51. The van der Waals surface area contributed by atoms with Gasteiger partial charge in [0.2, 0.25) is 5.82 Å². The largest absolute Gasteiger partial charge is 0.360 e. The fourth-order valence-corrected chi connectivity index (χ4v) is 2.51. The zero-order valence-corrected chi connectivity index (χ0v) is 11.9. The molecule has 2 rings (SSSR count). The van der Waals surface area contributed by atoms with Gasteiger partial charge in [0, 0.05) is 25.6 Å². The molecule has 0 saturated carbocycles. The highest BCUT2D eigenvalue weighted by Crippen LogP contribution is 2.33. The fourth-order valence-electron chi connectivity index (χ4n) is 2.51. The zero-order chi connectivity index (χ0) is 14.2. The van der Waals surface area contributed by atoms with Crippen LogP contribution in [0.5, 0.6) is 0 Å². The lowest BCUT2D eigenvalue weighted by Crippen LogP contribution is -2.25. The predicted molar refractivity (Wildman–Crippen MR) is 73.5 cm³/mol. The molecule has 0 aliphatic carbocycles. The van der Waals surface area contributed by atoms with E-state index in [9.17, 15) is 10.1 Å². The normalized spacial score (nSPS) is 20.2. The maximum Gasteiger partial charge on any atom is 0.334 e. The van der Waals surface area contributed by atoms with Gasteiger partial charge in [-0.2, -0.15) is 5.10 Å². The third-order valence-electron chi connectivity index (χ3n) is 3.51. The Balaban J connectivity index is 2.31. The van der Waals surface area contributed by atoms with Gasteiger partial charge in [-0.1, -0.05) is 13.8 Å². The van der Waals surface area contributed by atoms with Crippen molar-refractivity contribution in [3.05, 3.63) is 15.8 Å². The molecule has 1 unspecified atom stereocenters. The third kappa shape index (κ3) is 2.70. The van der Waals surface area contributed by atoms with E-state index in [1.165, 1.54) is 0 Å². The average Bonchev–Trinajstić information content (AvgIpc) is 2.84. The van der Waals surface area contributed by atoms with Gasteiger partial charge in [-0.25, -0.2) is 4.68 Å². The molecule has 0 radical (unpaired) electrons. The molecule has 0 bridgehead atoms. The van der Waals surface area contributed by atoms with Crippen LogP contribution in [0.2, 0.25) is 0 Å². The summed E-state index contributed by atoms with van der Waals surface area (Å²) in [6.07, 6.45) is 0.996. The van der Waals surface area contributed by atoms with Crippen molar-refractivity contribution in [2.24, 2.45) is 7.05 Å². The number of anilines is 1. The highest BCUT2D eigenvalue weighted by Gasteiger charge is 2.31. The predicted octanol–water partition coefficient (Wildman–Crippen LogP) is 1.57. The minimum atomic E-state index is -0.330. The van der Waals surface area contributed by atoms with Crippen LogP contribution in [0, 0.1) is 10.1 Å². The van der Waals surface area contributed by atoms with Gasteiger partial charge in [0.05, 0.1) is 4.92 Å². The molecular formula is C12H21N5O2. The molecule has 7 heteroatoms. The van der Waals surface area contributed by atoms with Gasteiger partial charge < -0.3 is 10.2 Å². The SMILES string of the molecule is CC(C)c1nn(C)c(NC2CCN(C)C2)c1[N+](=O)[O-]. The van der Waals surface area contributed by atoms with E-state index in [2.05, 4.69) is 22.4 Å². The highest BCUT2D eigenvalue weighted by atomic mass is 16.6. The van der Waals surface area contributed by atoms with Gasteiger partial charge in [0.1, 0.15) is 5.69 Å². The summed E-state index contributed by atoms with van der Waals surface area (Å²) in [5.41, 5.74) is 0.661. The molecule has 0 aromatic carbocycles. The molecule has 0 amide bonds. The number of aryl methyl sites for hydroxylation is 1. The summed E-state index contributed by atoms with van der Waals surface area (Å²) >= 11 is 0. The van der Waals surface area contributed by atoms with Crippen molar-refractivity contribution in [2.45, 2.75) is 32.2 Å². The summed E-state index contributed by atoms with van der Waals surface area (Å²) in [7, 11) is 3.80. The van der Waals surface area contributed by atoms with Gasteiger partial charge in [-0.15, -0.1) is 0 Å². The van der Waals surface area contributed by atoms with Crippen LogP contribution in [0.15, 0.2) is 0 Å². The monoisotopic (exact) mass is 267 g/mol. The zero-order valence-electron chi connectivity index (χ0n) is 11.9. The minimum absolute atomic E-state index is 0.0356. The standard InChI is InChI=1S/C12H21N5O2/c1-8(2)10-11(17(18)19)12(16(4)14-10)13-9-5-6-15(3)7-9/h8-9,13H,5-7H2,1-4H3. The summed E-state index contributed by atoms with van der Waals surface area (Å²) < 4.78 is 1.59. The quantitative estimate of drug-likeness (QED) is 0.662. The van der Waals surface area contributed by atoms with Gasteiger partial charge >= 0.3 is 5.69 Å². The van der Waals surface area contributed by atoms with E-state index in [0.717, 1.165) is 19.5 Å². The molecule has 19 heavy (non-hydrogen) atoms. The molecule has 7 nitrogen and oxygen atoms in total. The Bertz CT molecular complexity index is 483. The summed E-state index contributed by atoms with van der Waals surface area (Å²) in [6.45, 7) is 5.75. The Kier molecular flexibility index (Phi) is 3.75. The maximum absolute atomic E-state index is 11.3. The van der Waals surface area contributed by atoms with Gasteiger partial charge in [0.15, 0.2) is 0 Å². The first-order valence-electron chi connectivity index (χ1n) is 6.56. The number of nitro groups is 1. The number of aromatic nitrogens is 2. The topological polar surface area (TPSA) is 76.2 Å². The Morgan fingerprint density at radius 1 is 1.47 bits per heavy atom. The summed E-state index contributed by atoms with van der Waals surface area (Å²) in [5.74, 6) is 0.558. The number of likely N-dealkylation sites (tertiary alicyclic amines) is 1. The molecule has 106 valence electrons. The summed E-state index contributed by atoms with van der Waals surface area (Å²) in [4.78, 5) is 13.2. The van der Waals surface area contributed by atoms with Gasteiger partial charge in [0.25, 0.3) is 0 Å². The van der Waals surface area contributed by atoms with Crippen LogP contribution in [-0.2, 0) is 7.05 Å². The van der Waals surface area contributed by atoms with Crippen LogP contribution < -0.4 is 5.32 Å².